The van der Waals surface area contributed by atoms with E-state index in [2.05, 4.69) is 10.5 Å². The molecule has 0 fully saturated rings. The normalized spacial score (nSPS) is 17.0. The molecule has 1 atom stereocenters. The first-order valence-corrected chi connectivity index (χ1v) is 6.92. The van der Waals surface area contributed by atoms with Crippen molar-refractivity contribution in [3.8, 4) is 0 Å². The minimum atomic E-state index is -0.169. The van der Waals surface area contributed by atoms with Crippen LogP contribution in [0.1, 0.15) is 23.7 Å². The third kappa shape index (κ3) is 3.28. The monoisotopic (exact) mass is 280 g/mol. The molecular formula is C17H16N2O2. The standard InChI is InChI=1S/C17H16N2O2/c20-17(18-12-13-7-3-1-4-8-13)15-11-16(21-19-15)14-9-5-2-6-10-14/h1-10,16H,11-12H2,(H,18,20)/t16-/m0/s1. The lowest BCUT2D eigenvalue weighted by atomic mass is 10.0. The molecule has 2 aromatic rings. The molecule has 0 radical (unpaired) electrons. The van der Waals surface area contributed by atoms with Gasteiger partial charge in [-0.15, -0.1) is 0 Å². The Hall–Kier alpha value is -2.62. The molecule has 4 heteroatoms. The number of hydrogen-bond acceptors (Lipinski definition) is 3. The number of benzene rings is 2. The van der Waals surface area contributed by atoms with Crippen molar-refractivity contribution in [2.24, 2.45) is 5.16 Å². The summed E-state index contributed by atoms with van der Waals surface area (Å²) in [7, 11) is 0. The van der Waals surface area contributed by atoms with Crippen molar-refractivity contribution in [2.75, 3.05) is 0 Å². The average molecular weight is 280 g/mol. The Morgan fingerprint density at radius 2 is 1.76 bits per heavy atom. The third-order valence-electron chi connectivity index (χ3n) is 3.40. The summed E-state index contributed by atoms with van der Waals surface area (Å²) in [6.07, 6.45) is 0.341. The SMILES string of the molecule is O=C(NCc1ccccc1)C1=NO[C@H](c2ccccc2)C1. The van der Waals surface area contributed by atoms with Crippen molar-refractivity contribution in [2.45, 2.75) is 19.1 Å². The van der Waals surface area contributed by atoms with E-state index >= 15 is 0 Å². The maximum atomic E-state index is 12.1. The lowest BCUT2D eigenvalue weighted by Gasteiger charge is -2.07. The number of nitrogens with one attached hydrogen (secondary N) is 1. The highest BCUT2D eigenvalue weighted by atomic mass is 16.6. The van der Waals surface area contributed by atoms with E-state index in [1.165, 1.54) is 0 Å². The van der Waals surface area contributed by atoms with Crippen molar-refractivity contribution >= 4 is 11.6 Å². The first kappa shape index (κ1) is 13.4. The Bertz CT molecular complexity index is 638. The van der Waals surface area contributed by atoms with E-state index in [1.807, 2.05) is 60.7 Å². The van der Waals surface area contributed by atoms with Gasteiger partial charge >= 0.3 is 0 Å². The van der Waals surface area contributed by atoms with E-state index in [9.17, 15) is 4.79 Å². The Labute approximate surface area is 123 Å². The highest BCUT2D eigenvalue weighted by molar-refractivity contribution is 6.39. The van der Waals surface area contributed by atoms with Crippen LogP contribution in [-0.4, -0.2) is 11.6 Å². The van der Waals surface area contributed by atoms with Crippen molar-refractivity contribution in [1.82, 2.24) is 5.32 Å². The van der Waals surface area contributed by atoms with Crippen LogP contribution < -0.4 is 5.32 Å². The quantitative estimate of drug-likeness (QED) is 0.936. The van der Waals surface area contributed by atoms with Crippen LogP contribution in [0.25, 0.3) is 0 Å². The predicted octanol–water partition coefficient (Wildman–Crippen LogP) is 2.82. The molecule has 1 aliphatic heterocycles. The highest BCUT2D eigenvalue weighted by Crippen LogP contribution is 2.26. The number of hydrogen-bond donors (Lipinski definition) is 1. The Kier molecular flexibility index (Phi) is 3.96. The lowest BCUT2D eigenvalue weighted by Crippen LogP contribution is -2.29. The molecule has 1 aliphatic rings. The number of rotatable bonds is 4. The molecule has 0 bridgehead atoms. The summed E-state index contributed by atoms with van der Waals surface area (Å²) in [5.41, 5.74) is 2.54. The molecule has 4 nitrogen and oxygen atoms in total. The van der Waals surface area contributed by atoms with Crippen molar-refractivity contribution in [1.29, 1.82) is 0 Å². The Morgan fingerprint density at radius 1 is 1.10 bits per heavy atom. The topological polar surface area (TPSA) is 50.7 Å². The van der Waals surface area contributed by atoms with E-state index in [4.69, 9.17) is 4.84 Å². The third-order valence-corrected chi connectivity index (χ3v) is 3.40. The van der Waals surface area contributed by atoms with Gasteiger partial charge in [-0.3, -0.25) is 4.79 Å². The minimum absolute atomic E-state index is 0.163. The van der Waals surface area contributed by atoms with E-state index in [1.54, 1.807) is 0 Å². The summed E-state index contributed by atoms with van der Waals surface area (Å²) in [6.45, 7) is 0.495. The van der Waals surface area contributed by atoms with Crippen LogP contribution in [0.15, 0.2) is 65.8 Å². The van der Waals surface area contributed by atoms with Crippen LogP contribution >= 0.6 is 0 Å². The molecule has 106 valence electrons. The summed E-state index contributed by atoms with van der Waals surface area (Å²) < 4.78 is 0. The molecule has 2 aromatic carbocycles. The van der Waals surface area contributed by atoms with Crippen LogP contribution in [0.2, 0.25) is 0 Å². The predicted molar refractivity (Wildman–Crippen MR) is 80.6 cm³/mol. The molecule has 21 heavy (non-hydrogen) atoms. The Morgan fingerprint density at radius 3 is 2.48 bits per heavy atom. The van der Waals surface area contributed by atoms with E-state index in [-0.39, 0.29) is 12.0 Å². The molecule has 3 rings (SSSR count). The first-order valence-electron chi connectivity index (χ1n) is 6.92. The van der Waals surface area contributed by atoms with Gasteiger partial charge in [0.15, 0.2) is 6.10 Å². The largest absolute Gasteiger partial charge is 0.387 e. The maximum absolute atomic E-state index is 12.1. The zero-order valence-corrected chi connectivity index (χ0v) is 11.5. The maximum Gasteiger partial charge on any atom is 0.269 e. The van der Waals surface area contributed by atoms with Crippen molar-refractivity contribution < 1.29 is 9.63 Å². The molecule has 0 saturated heterocycles. The molecule has 0 spiro atoms. The van der Waals surface area contributed by atoms with E-state index in [0.29, 0.717) is 18.7 Å². The van der Waals surface area contributed by atoms with Gasteiger partial charge in [0.1, 0.15) is 5.71 Å². The first-order chi connectivity index (χ1) is 10.3. The van der Waals surface area contributed by atoms with E-state index in [0.717, 1.165) is 11.1 Å². The molecule has 1 heterocycles. The second kappa shape index (κ2) is 6.22. The zero-order chi connectivity index (χ0) is 14.5. The summed E-state index contributed by atoms with van der Waals surface area (Å²) in [5.74, 6) is -0.169. The molecule has 1 N–H and O–H groups in total. The highest BCUT2D eigenvalue weighted by Gasteiger charge is 2.26. The minimum Gasteiger partial charge on any atom is -0.387 e. The van der Waals surface area contributed by atoms with Gasteiger partial charge in [-0.2, -0.15) is 0 Å². The summed E-state index contributed by atoms with van der Waals surface area (Å²) in [6, 6.07) is 19.6. The average Bonchev–Trinajstić information content (AvgIpc) is 3.04. The summed E-state index contributed by atoms with van der Waals surface area (Å²) in [4.78, 5) is 17.4. The van der Waals surface area contributed by atoms with Crippen LogP contribution in [0, 0.1) is 0 Å². The number of carbonyl (C=O) groups is 1. The van der Waals surface area contributed by atoms with Crippen LogP contribution in [0.4, 0.5) is 0 Å². The lowest BCUT2D eigenvalue weighted by molar-refractivity contribution is -0.115. The van der Waals surface area contributed by atoms with Gasteiger partial charge in [0.25, 0.3) is 5.91 Å². The second-order valence-electron chi connectivity index (χ2n) is 4.92. The van der Waals surface area contributed by atoms with Crippen molar-refractivity contribution in [3.63, 3.8) is 0 Å². The number of carbonyl (C=O) groups excluding carboxylic acids is 1. The number of amides is 1. The van der Waals surface area contributed by atoms with Gasteiger partial charge in [0.05, 0.1) is 0 Å². The van der Waals surface area contributed by atoms with Gasteiger partial charge in [-0.25, -0.2) is 0 Å². The molecule has 0 aliphatic carbocycles. The number of nitrogens with zero attached hydrogens (tertiary/aromatic N) is 1. The molecule has 0 saturated carbocycles. The molecule has 0 unspecified atom stereocenters. The van der Waals surface area contributed by atoms with Gasteiger partial charge in [-0.1, -0.05) is 65.8 Å². The van der Waals surface area contributed by atoms with Crippen LogP contribution in [-0.2, 0) is 16.2 Å². The van der Waals surface area contributed by atoms with Crippen LogP contribution in [0.3, 0.4) is 0 Å². The summed E-state index contributed by atoms with van der Waals surface area (Å²) >= 11 is 0. The second-order valence-corrected chi connectivity index (χ2v) is 4.92. The van der Waals surface area contributed by atoms with Gasteiger partial charge < -0.3 is 10.2 Å². The smallest absolute Gasteiger partial charge is 0.269 e. The van der Waals surface area contributed by atoms with Crippen LogP contribution in [0.5, 0.6) is 0 Å². The summed E-state index contributed by atoms with van der Waals surface area (Å²) in [5, 5.41) is 6.77. The zero-order valence-electron chi connectivity index (χ0n) is 11.5. The fourth-order valence-electron chi connectivity index (χ4n) is 2.24. The van der Waals surface area contributed by atoms with E-state index < -0.39 is 0 Å². The Balaban J connectivity index is 1.55. The fourth-order valence-corrected chi connectivity index (χ4v) is 2.24. The fraction of sp³-hybridized carbons (Fsp3) is 0.176. The van der Waals surface area contributed by atoms with Gasteiger partial charge in [0, 0.05) is 13.0 Å². The number of oxime groups is 1. The molecule has 1 amide bonds. The molecule has 0 aromatic heterocycles. The van der Waals surface area contributed by atoms with Gasteiger partial charge in [0.2, 0.25) is 0 Å². The molecular weight excluding hydrogens is 264 g/mol. The van der Waals surface area contributed by atoms with Crippen molar-refractivity contribution in [3.05, 3.63) is 71.8 Å². The van der Waals surface area contributed by atoms with Gasteiger partial charge in [-0.05, 0) is 11.1 Å².